The van der Waals surface area contributed by atoms with E-state index in [4.69, 9.17) is 9.47 Å². The first-order valence-corrected chi connectivity index (χ1v) is 10.6. The van der Waals surface area contributed by atoms with Crippen LogP contribution >= 0.6 is 39.5 Å². The van der Waals surface area contributed by atoms with Crippen LogP contribution in [0, 0.1) is 0 Å². The lowest BCUT2D eigenvalue weighted by molar-refractivity contribution is -0.127. The van der Waals surface area contributed by atoms with Gasteiger partial charge in [-0.3, -0.25) is 4.79 Å². The van der Waals surface area contributed by atoms with Crippen molar-refractivity contribution in [3.63, 3.8) is 0 Å². The largest absolute Gasteiger partial charge is 0.493 e. The van der Waals surface area contributed by atoms with Crippen molar-refractivity contribution in [3.05, 3.63) is 22.2 Å². The highest BCUT2D eigenvalue weighted by Crippen LogP contribution is 2.45. The third-order valence-corrected chi connectivity index (χ3v) is 6.78. The van der Waals surface area contributed by atoms with Crippen molar-refractivity contribution in [3.8, 4) is 11.5 Å². The first-order chi connectivity index (χ1) is 11.3. The topological polar surface area (TPSA) is 38.8 Å². The number of ether oxygens (including phenoxy) is 2. The molecule has 0 N–H and O–H groups in total. The Morgan fingerprint density at radius 3 is 2.50 bits per heavy atom. The highest BCUT2D eigenvalue weighted by Gasteiger charge is 2.34. The van der Waals surface area contributed by atoms with Crippen molar-refractivity contribution in [2.45, 2.75) is 30.9 Å². The summed E-state index contributed by atoms with van der Waals surface area (Å²) < 4.78 is 11.9. The third-order valence-electron chi connectivity index (χ3n) is 3.60. The first kappa shape index (κ1) is 19.8. The summed E-state index contributed by atoms with van der Waals surface area (Å²) in [7, 11) is 3.24. The van der Waals surface area contributed by atoms with Crippen molar-refractivity contribution in [2.75, 3.05) is 32.3 Å². The fourth-order valence-electron chi connectivity index (χ4n) is 2.46. The maximum Gasteiger partial charge on any atom is 0.233 e. The summed E-state index contributed by atoms with van der Waals surface area (Å²) in [6.07, 6.45) is 0. The van der Waals surface area contributed by atoms with Crippen LogP contribution in [0.3, 0.4) is 0 Å². The highest BCUT2D eigenvalue weighted by atomic mass is 79.9. The molecule has 1 fully saturated rings. The lowest BCUT2D eigenvalue weighted by atomic mass is 10.2. The molecule has 1 aliphatic rings. The Morgan fingerprint density at radius 2 is 1.92 bits per heavy atom. The molecule has 2 rings (SSSR count). The number of benzene rings is 1. The molecular weight excluding hydrogens is 410 g/mol. The second-order valence-corrected chi connectivity index (χ2v) is 10.3. The Kier molecular flexibility index (Phi) is 6.79. The molecule has 1 heterocycles. The van der Waals surface area contributed by atoms with Gasteiger partial charge in [-0.15, -0.1) is 11.8 Å². The number of nitrogens with zero attached hydrogens (tertiary/aromatic N) is 1. The molecule has 0 saturated carbocycles. The van der Waals surface area contributed by atoms with Gasteiger partial charge in [-0.1, -0.05) is 36.7 Å². The fraction of sp³-hybridized carbons (Fsp3) is 0.588. The van der Waals surface area contributed by atoms with E-state index in [-0.39, 0.29) is 16.0 Å². The van der Waals surface area contributed by atoms with E-state index in [2.05, 4.69) is 36.7 Å². The van der Waals surface area contributed by atoms with Crippen LogP contribution in [0.2, 0.25) is 0 Å². The zero-order valence-electron chi connectivity index (χ0n) is 14.7. The Hall–Kier alpha value is -0.530. The van der Waals surface area contributed by atoms with Crippen LogP contribution in [0.25, 0.3) is 0 Å². The van der Waals surface area contributed by atoms with Gasteiger partial charge in [-0.05, 0) is 12.1 Å². The summed E-state index contributed by atoms with van der Waals surface area (Å²) in [6, 6.07) is 3.86. The number of hydrogen-bond acceptors (Lipinski definition) is 5. The molecule has 134 valence electrons. The summed E-state index contributed by atoms with van der Waals surface area (Å²) in [5.41, 5.74) is 1.05. The van der Waals surface area contributed by atoms with Crippen molar-refractivity contribution < 1.29 is 14.3 Å². The average molecular weight is 434 g/mol. The Labute approximate surface area is 161 Å². The number of methoxy groups -OCH3 is 2. The quantitative estimate of drug-likeness (QED) is 0.656. The molecule has 1 aliphatic heterocycles. The minimum absolute atomic E-state index is 0.00671. The summed E-state index contributed by atoms with van der Waals surface area (Å²) >= 11 is 7.15. The van der Waals surface area contributed by atoms with Gasteiger partial charge in [-0.2, -0.15) is 11.8 Å². The van der Waals surface area contributed by atoms with Crippen molar-refractivity contribution in [1.82, 2.24) is 4.90 Å². The molecule has 0 aromatic heterocycles. The van der Waals surface area contributed by atoms with Crippen LogP contribution in [0.1, 0.15) is 31.7 Å². The second kappa shape index (κ2) is 8.23. The molecule has 1 saturated heterocycles. The van der Waals surface area contributed by atoms with Crippen molar-refractivity contribution in [2.24, 2.45) is 0 Å². The van der Waals surface area contributed by atoms with Gasteiger partial charge < -0.3 is 14.4 Å². The molecule has 24 heavy (non-hydrogen) atoms. The van der Waals surface area contributed by atoms with Gasteiger partial charge in [0.2, 0.25) is 5.91 Å². The lowest BCUT2D eigenvalue weighted by Gasteiger charge is -2.27. The van der Waals surface area contributed by atoms with Crippen LogP contribution < -0.4 is 9.47 Å². The smallest absolute Gasteiger partial charge is 0.233 e. The molecule has 0 radical (unpaired) electrons. The monoisotopic (exact) mass is 433 g/mol. The number of carbonyl (C=O) groups is 1. The van der Waals surface area contributed by atoms with Gasteiger partial charge in [0.15, 0.2) is 11.5 Å². The van der Waals surface area contributed by atoms with E-state index in [0.717, 1.165) is 22.3 Å². The van der Waals surface area contributed by atoms with Crippen LogP contribution in [0.5, 0.6) is 11.5 Å². The van der Waals surface area contributed by atoms with E-state index >= 15 is 0 Å². The van der Waals surface area contributed by atoms with E-state index in [1.54, 1.807) is 26.0 Å². The first-order valence-electron chi connectivity index (χ1n) is 7.73. The predicted octanol–water partition coefficient (Wildman–Crippen LogP) is 4.57. The van der Waals surface area contributed by atoms with Gasteiger partial charge in [0.05, 0.1) is 20.0 Å². The molecule has 0 spiro atoms. The van der Waals surface area contributed by atoms with Gasteiger partial charge >= 0.3 is 0 Å². The summed E-state index contributed by atoms with van der Waals surface area (Å²) in [4.78, 5) is 14.3. The molecule has 1 amide bonds. The van der Waals surface area contributed by atoms with Crippen LogP contribution in [-0.4, -0.2) is 47.8 Å². The van der Waals surface area contributed by atoms with Gasteiger partial charge in [0.25, 0.3) is 0 Å². The van der Waals surface area contributed by atoms with Crippen LogP contribution in [0.4, 0.5) is 0 Å². The molecule has 1 aromatic rings. The van der Waals surface area contributed by atoms with Gasteiger partial charge in [0.1, 0.15) is 5.37 Å². The van der Waals surface area contributed by atoms with Crippen molar-refractivity contribution in [1.29, 1.82) is 0 Å². The van der Waals surface area contributed by atoms with Gasteiger partial charge in [-0.25, -0.2) is 0 Å². The molecular formula is C17H24BrNO3S2. The SMILES string of the molecule is COc1cc(Br)c(C2SCC(=O)N2CCSC(C)(C)C)cc1OC. The van der Waals surface area contributed by atoms with E-state index < -0.39 is 0 Å². The minimum atomic E-state index is 0.00671. The number of halogens is 1. The average Bonchev–Trinajstić information content (AvgIpc) is 2.87. The fourth-order valence-corrected chi connectivity index (χ4v) is 5.30. The zero-order valence-corrected chi connectivity index (χ0v) is 17.9. The van der Waals surface area contributed by atoms with Crippen LogP contribution in [0.15, 0.2) is 16.6 Å². The summed E-state index contributed by atoms with van der Waals surface area (Å²) in [6.45, 7) is 7.33. The molecule has 1 aromatic carbocycles. The molecule has 1 atom stereocenters. The van der Waals surface area contributed by atoms with Gasteiger partial charge in [0, 0.05) is 27.1 Å². The minimum Gasteiger partial charge on any atom is -0.493 e. The molecule has 0 aliphatic carbocycles. The predicted molar refractivity (Wildman–Crippen MR) is 106 cm³/mol. The number of carbonyl (C=O) groups excluding carboxylic acids is 1. The number of hydrogen-bond donors (Lipinski definition) is 0. The van der Waals surface area contributed by atoms with E-state index in [1.165, 1.54) is 0 Å². The lowest BCUT2D eigenvalue weighted by Crippen LogP contribution is -2.31. The summed E-state index contributed by atoms with van der Waals surface area (Å²) in [5.74, 6) is 3.00. The Balaban J connectivity index is 2.21. The maximum atomic E-state index is 12.3. The standard InChI is InChI=1S/C17H24BrNO3S2/c1-17(2,3)24-7-6-19-15(20)10-23-16(19)11-8-13(21-4)14(22-5)9-12(11)18/h8-9,16H,6-7,10H2,1-5H3. The van der Waals surface area contributed by atoms with E-state index in [1.807, 2.05) is 28.8 Å². The zero-order chi connectivity index (χ0) is 17.9. The number of rotatable bonds is 6. The molecule has 7 heteroatoms. The number of amides is 1. The molecule has 4 nitrogen and oxygen atoms in total. The number of thioether (sulfide) groups is 2. The molecule has 1 unspecified atom stereocenters. The van der Waals surface area contributed by atoms with Crippen molar-refractivity contribution >= 4 is 45.4 Å². The van der Waals surface area contributed by atoms with Crippen LogP contribution in [-0.2, 0) is 4.79 Å². The van der Waals surface area contributed by atoms with E-state index in [0.29, 0.717) is 17.3 Å². The Bertz CT molecular complexity index is 604. The second-order valence-electron chi connectivity index (χ2n) is 6.44. The normalized spacial score (nSPS) is 18.2. The highest BCUT2D eigenvalue weighted by molar-refractivity contribution is 9.10. The summed E-state index contributed by atoms with van der Waals surface area (Å²) in [5, 5.41) is 0.00671. The third kappa shape index (κ3) is 4.76. The molecule has 0 bridgehead atoms. The van der Waals surface area contributed by atoms with E-state index in [9.17, 15) is 4.79 Å². The maximum absolute atomic E-state index is 12.3. The Morgan fingerprint density at radius 1 is 1.29 bits per heavy atom.